The first-order valence-electron chi connectivity index (χ1n) is 12.5. The van der Waals surface area contributed by atoms with Crippen LogP contribution in [0.4, 0.5) is 25.1 Å². The van der Waals surface area contributed by atoms with Gasteiger partial charge in [-0.3, -0.25) is 10.4 Å². The molecule has 3 N–H and O–H groups in total. The molecule has 0 unspecified atom stereocenters. The molecule has 10 nitrogen and oxygen atoms in total. The topological polar surface area (TPSA) is 109 Å². The highest BCUT2D eigenvalue weighted by molar-refractivity contribution is 5.90. The maximum absolute atomic E-state index is 14.1. The number of H-pyrrole nitrogens is 1. The van der Waals surface area contributed by atoms with Crippen LogP contribution in [0.25, 0.3) is 5.69 Å². The van der Waals surface area contributed by atoms with E-state index in [1.807, 2.05) is 42.2 Å². The van der Waals surface area contributed by atoms with Gasteiger partial charge in [-0.25, -0.2) is 18.3 Å². The molecule has 2 aromatic heterocycles. The van der Waals surface area contributed by atoms with Crippen molar-refractivity contribution in [3.8, 4) is 11.6 Å². The Hall–Kier alpha value is -4.45. The molecular formula is C27H29F2N7O3. The summed E-state index contributed by atoms with van der Waals surface area (Å²) in [7, 11) is 1.58. The molecule has 4 aromatic rings. The van der Waals surface area contributed by atoms with E-state index >= 15 is 0 Å². The van der Waals surface area contributed by atoms with Crippen LogP contribution in [0.5, 0.6) is 5.88 Å². The van der Waals surface area contributed by atoms with Crippen LogP contribution in [0.2, 0.25) is 0 Å². The number of hydrogen-bond donors (Lipinski definition) is 3. The molecule has 5 rings (SSSR count). The van der Waals surface area contributed by atoms with Crippen molar-refractivity contribution in [3.63, 3.8) is 0 Å². The average Bonchev–Trinajstić information content (AvgIpc) is 3.68. The molecule has 2 amide bonds. The Morgan fingerprint density at radius 3 is 2.64 bits per heavy atom. The number of para-hydroxylation sites is 1. The van der Waals surface area contributed by atoms with E-state index in [0.717, 1.165) is 17.4 Å². The number of carbonyl (C=O) groups is 1. The van der Waals surface area contributed by atoms with E-state index < -0.39 is 23.7 Å². The van der Waals surface area contributed by atoms with Gasteiger partial charge in [0.05, 0.1) is 35.8 Å². The summed E-state index contributed by atoms with van der Waals surface area (Å²) in [6.07, 6.45) is 3.43. The number of anilines is 2. The number of hydrogen-bond acceptors (Lipinski definition) is 6. The van der Waals surface area contributed by atoms with E-state index in [1.165, 1.54) is 6.07 Å². The Kier molecular flexibility index (Phi) is 7.73. The van der Waals surface area contributed by atoms with Gasteiger partial charge in [-0.1, -0.05) is 24.3 Å². The molecule has 3 heterocycles. The summed E-state index contributed by atoms with van der Waals surface area (Å²) < 4.78 is 40.2. The average molecular weight is 538 g/mol. The number of nitrogens with one attached hydrogen (secondary N) is 3. The van der Waals surface area contributed by atoms with Gasteiger partial charge in [0.25, 0.3) is 0 Å². The number of carbonyl (C=O) groups excluding carboxylic acids is 1. The minimum atomic E-state index is -0.930. The summed E-state index contributed by atoms with van der Waals surface area (Å²) in [6.45, 7) is 3.43. The predicted octanol–water partition coefficient (Wildman–Crippen LogP) is 4.00. The largest absolute Gasteiger partial charge is 0.474 e. The van der Waals surface area contributed by atoms with Crippen LogP contribution in [0.1, 0.15) is 17.0 Å². The summed E-state index contributed by atoms with van der Waals surface area (Å²) in [5, 5.41) is 17.3. The van der Waals surface area contributed by atoms with E-state index in [1.54, 1.807) is 30.3 Å². The first-order chi connectivity index (χ1) is 18.9. The summed E-state index contributed by atoms with van der Waals surface area (Å²) >= 11 is 0. The summed E-state index contributed by atoms with van der Waals surface area (Å²) in [6, 6.07) is 12.3. The van der Waals surface area contributed by atoms with Crippen LogP contribution in [0.15, 0.2) is 60.9 Å². The van der Waals surface area contributed by atoms with Gasteiger partial charge in [0.15, 0.2) is 11.6 Å². The monoisotopic (exact) mass is 537 g/mol. The van der Waals surface area contributed by atoms with Crippen LogP contribution >= 0.6 is 0 Å². The molecule has 1 saturated heterocycles. The Morgan fingerprint density at radius 2 is 1.92 bits per heavy atom. The molecule has 39 heavy (non-hydrogen) atoms. The molecule has 0 aliphatic carbocycles. The van der Waals surface area contributed by atoms with Gasteiger partial charge in [0, 0.05) is 32.3 Å². The highest BCUT2D eigenvalue weighted by atomic mass is 19.2. The third kappa shape index (κ3) is 5.70. The number of aromatic amines is 1. The number of amides is 2. The number of benzene rings is 2. The Morgan fingerprint density at radius 1 is 1.10 bits per heavy atom. The Balaban J connectivity index is 1.39. The lowest BCUT2D eigenvalue weighted by Gasteiger charge is -2.21. The van der Waals surface area contributed by atoms with Gasteiger partial charge in [-0.15, -0.1) is 5.10 Å². The summed E-state index contributed by atoms with van der Waals surface area (Å²) in [5.74, 6) is -1.33. The number of urea groups is 1. The minimum Gasteiger partial charge on any atom is -0.474 e. The van der Waals surface area contributed by atoms with Gasteiger partial charge >= 0.3 is 6.03 Å². The molecule has 1 aliphatic heterocycles. The molecule has 0 spiro atoms. The third-order valence-electron chi connectivity index (χ3n) is 6.69. The standard InChI is InChI=1S/C27H29F2N7O3/c1-17-25(36(19-6-4-3-5-7-19)34-26(17)39-11-10-38-2)33-27(37)32-24-16-35(20-13-30-31-14-20)15-21(24)18-8-9-22(28)23(29)12-18/h3-9,12-14,21,24H,10-11,15-16H2,1-2H3,(H,30,31)(H2,32,33,37)/t21-,24+/m0/s1. The second-order valence-electron chi connectivity index (χ2n) is 9.21. The number of nitrogens with zero attached hydrogens (tertiary/aromatic N) is 4. The van der Waals surface area contributed by atoms with Gasteiger partial charge in [0.1, 0.15) is 12.4 Å². The zero-order chi connectivity index (χ0) is 27.4. The zero-order valence-corrected chi connectivity index (χ0v) is 21.5. The van der Waals surface area contributed by atoms with Crippen LogP contribution in [0.3, 0.4) is 0 Å². The number of halogens is 2. The van der Waals surface area contributed by atoms with Crippen molar-refractivity contribution < 1.29 is 23.0 Å². The quantitative estimate of drug-likeness (QED) is 0.279. The van der Waals surface area contributed by atoms with Crippen LogP contribution in [-0.2, 0) is 4.74 Å². The molecule has 0 saturated carbocycles. The second kappa shape index (κ2) is 11.5. The molecule has 0 radical (unpaired) electrons. The number of rotatable bonds is 9. The van der Waals surface area contributed by atoms with E-state index in [9.17, 15) is 13.6 Å². The van der Waals surface area contributed by atoms with Gasteiger partial charge < -0.3 is 19.7 Å². The normalized spacial score (nSPS) is 16.9. The van der Waals surface area contributed by atoms with Crippen LogP contribution in [0, 0.1) is 18.6 Å². The Bertz CT molecular complexity index is 1410. The molecule has 0 bridgehead atoms. The molecule has 1 aliphatic rings. The summed E-state index contributed by atoms with van der Waals surface area (Å²) in [4.78, 5) is 15.4. The van der Waals surface area contributed by atoms with E-state index in [0.29, 0.717) is 49.1 Å². The van der Waals surface area contributed by atoms with Crippen molar-refractivity contribution in [1.29, 1.82) is 0 Å². The third-order valence-corrected chi connectivity index (χ3v) is 6.69. The molecule has 204 valence electrons. The fourth-order valence-electron chi connectivity index (χ4n) is 4.71. The fourth-order valence-corrected chi connectivity index (χ4v) is 4.71. The van der Waals surface area contributed by atoms with E-state index in [-0.39, 0.29) is 5.92 Å². The number of ether oxygens (including phenoxy) is 2. The molecule has 1 fully saturated rings. The van der Waals surface area contributed by atoms with Crippen molar-refractivity contribution in [2.75, 3.05) is 43.6 Å². The number of methoxy groups -OCH3 is 1. The molecule has 2 aromatic carbocycles. The highest BCUT2D eigenvalue weighted by Gasteiger charge is 2.36. The summed E-state index contributed by atoms with van der Waals surface area (Å²) in [5.41, 5.74) is 2.81. The Labute approximate surface area is 223 Å². The van der Waals surface area contributed by atoms with Gasteiger partial charge in [-0.05, 0) is 36.8 Å². The SMILES string of the molecule is COCCOc1nn(-c2ccccc2)c(NC(=O)N[C@@H]2CN(c3cn[nH]c3)C[C@H]2c2ccc(F)c(F)c2)c1C. The van der Waals surface area contributed by atoms with Gasteiger partial charge in [0.2, 0.25) is 5.88 Å². The lowest BCUT2D eigenvalue weighted by atomic mass is 9.94. The fraction of sp³-hybridized carbons (Fsp3) is 0.296. The lowest BCUT2D eigenvalue weighted by Crippen LogP contribution is -2.42. The lowest BCUT2D eigenvalue weighted by molar-refractivity contribution is 0.143. The predicted molar refractivity (Wildman–Crippen MR) is 142 cm³/mol. The maximum Gasteiger partial charge on any atom is 0.320 e. The van der Waals surface area contributed by atoms with E-state index in [4.69, 9.17) is 9.47 Å². The smallest absolute Gasteiger partial charge is 0.320 e. The molecule has 12 heteroatoms. The van der Waals surface area contributed by atoms with Crippen LogP contribution < -0.4 is 20.3 Å². The first kappa shape index (κ1) is 26.2. The van der Waals surface area contributed by atoms with E-state index in [2.05, 4.69) is 25.9 Å². The zero-order valence-electron chi connectivity index (χ0n) is 21.5. The first-order valence-corrected chi connectivity index (χ1v) is 12.5. The maximum atomic E-state index is 14.1. The van der Waals surface area contributed by atoms with Crippen molar-refractivity contribution in [2.24, 2.45) is 0 Å². The van der Waals surface area contributed by atoms with Crippen molar-refractivity contribution in [2.45, 2.75) is 18.9 Å². The highest BCUT2D eigenvalue weighted by Crippen LogP contribution is 2.32. The van der Waals surface area contributed by atoms with Crippen molar-refractivity contribution >= 4 is 17.5 Å². The second-order valence-corrected chi connectivity index (χ2v) is 9.21. The van der Waals surface area contributed by atoms with Crippen LogP contribution in [-0.4, -0.2) is 65.5 Å². The van der Waals surface area contributed by atoms with Gasteiger partial charge in [-0.2, -0.15) is 5.10 Å². The molecule has 2 atom stereocenters. The van der Waals surface area contributed by atoms with Crippen molar-refractivity contribution in [3.05, 3.63) is 83.7 Å². The number of aromatic nitrogens is 4. The minimum absolute atomic E-state index is 0.297. The molecular weight excluding hydrogens is 508 g/mol. The van der Waals surface area contributed by atoms with Crippen molar-refractivity contribution in [1.82, 2.24) is 25.3 Å².